The smallest absolute Gasteiger partial charge is 0.175 e. The summed E-state index contributed by atoms with van der Waals surface area (Å²) in [4.78, 5) is 2.16. The molecule has 2 rings (SSSR count). The van der Waals surface area contributed by atoms with Crippen LogP contribution >= 0.6 is 15.9 Å². The minimum atomic E-state index is 0.687. The van der Waals surface area contributed by atoms with Gasteiger partial charge in [0.25, 0.3) is 0 Å². The molecule has 0 aromatic heterocycles. The number of halogens is 1. The highest BCUT2D eigenvalue weighted by atomic mass is 79.9. The summed E-state index contributed by atoms with van der Waals surface area (Å²) < 4.78 is 12.3. The third kappa shape index (κ3) is 5.49. The van der Waals surface area contributed by atoms with Gasteiger partial charge in [0.05, 0.1) is 18.2 Å². The highest BCUT2D eigenvalue weighted by Gasteiger charge is 2.20. The molecule has 0 bridgehead atoms. The molecule has 0 saturated heterocycles. The van der Waals surface area contributed by atoms with Gasteiger partial charge in [-0.25, -0.2) is 0 Å². The molecule has 118 valence electrons. The van der Waals surface area contributed by atoms with Crippen molar-refractivity contribution in [1.29, 1.82) is 0 Å². The van der Waals surface area contributed by atoms with Crippen molar-refractivity contribution in [3.63, 3.8) is 0 Å². The molecule has 0 aliphatic heterocycles. The minimum absolute atomic E-state index is 0.687. The summed E-state index contributed by atoms with van der Waals surface area (Å²) in [5, 5.41) is 3.51. The van der Waals surface area contributed by atoms with Gasteiger partial charge >= 0.3 is 0 Å². The van der Waals surface area contributed by atoms with Crippen LogP contribution in [0, 0.1) is 0 Å². The van der Waals surface area contributed by atoms with E-state index in [1.807, 2.05) is 0 Å². The Morgan fingerprint density at radius 2 is 2.10 bits per heavy atom. The Balaban J connectivity index is 1.95. The molecule has 21 heavy (non-hydrogen) atoms. The maximum absolute atomic E-state index is 5.88. The van der Waals surface area contributed by atoms with Gasteiger partial charge in [-0.15, -0.1) is 0 Å². The minimum Gasteiger partial charge on any atom is -0.493 e. The molecular formula is C16H25BrN2O2. The number of methoxy groups -OCH3 is 1. The number of nitrogens with zero attached hydrogens (tertiary/aromatic N) is 1. The summed E-state index contributed by atoms with van der Waals surface area (Å²) in [6.45, 7) is 2.58. The van der Waals surface area contributed by atoms with E-state index < -0.39 is 0 Å². The van der Waals surface area contributed by atoms with E-state index in [2.05, 4.69) is 52.4 Å². The van der Waals surface area contributed by atoms with Gasteiger partial charge in [0.2, 0.25) is 0 Å². The second-order valence-corrected chi connectivity index (χ2v) is 6.62. The average molecular weight is 357 g/mol. The van der Waals surface area contributed by atoms with Crippen LogP contribution in [0.4, 0.5) is 0 Å². The van der Waals surface area contributed by atoms with Gasteiger partial charge in [0, 0.05) is 19.1 Å². The van der Waals surface area contributed by atoms with E-state index in [1.54, 1.807) is 7.11 Å². The van der Waals surface area contributed by atoms with Gasteiger partial charge in [-0.1, -0.05) is 0 Å². The van der Waals surface area contributed by atoms with Gasteiger partial charge < -0.3 is 19.7 Å². The Bertz CT molecular complexity index is 462. The second kappa shape index (κ2) is 8.01. The van der Waals surface area contributed by atoms with Gasteiger partial charge in [0.1, 0.15) is 0 Å². The summed E-state index contributed by atoms with van der Waals surface area (Å²) in [5.74, 6) is 1.59. The molecule has 5 heteroatoms. The molecule has 1 aromatic rings. The van der Waals surface area contributed by atoms with Crippen LogP contribution in [-0.4, -0.2) is 45.3 Å². The predicted octanol–water partition coefficient (Wildman–Crippen LogP) is 3.04. The maximum Gasteiger partial charge on any atom is 0.175 e. The van der Waals surface area contributed by atoms with E-state index >= 15 is 0 Å². The first-order valence-electron chi connectivity index (χ1n) is 7.47. The second-order valence-electron chi connectivity index (χ2n) is 5.77. The van der Waals surface area contributed by atoms with Gasteiger partial charge in [-0.05, 0) is 67.0 Å². The lowest BCUT2D eigenvalue weighted by molar-refractivity contribution is 0.266. The lowest BCUT2D eigenvalue weighted by Crippen LogP contribution is -2.16. The van der Waals surface area contributed by atoms with Crippen molar-refractivity contribution in [1.82, 2.24) is 10.2 Å². The summed E-state index contributed by atoms with van der Waals surface area (Å²) in [6, 6.07) is 4.87. The van der Waals surface area contributed by atoms with Crippen LogP contribution in [0.2, 0.25) is 0 Å². The van der Waals surface area contributed by atoms with Crippen LogP contribution in [0.1, 0.15) is 24.8 Å². The Morgan fingerprint density at radius 3 is 2.71 bits per heavy atom. The fourth-order valence-corrected chi connectivity index (χ4v) is 2.72. The highest BCUT2D eigenvalue weighted by Crippen LogP contribution is 2.37. The van der Waals surface area contributed by atoms with Gasteiger partial charge in [0.15, 0.2) is 11.5 Å². The molecule has 0 heterocycles. The van der Waals surface area contributed by atoms with Gasteiger partial charge in [-0.2, -0.15) is 0 Å². The topological polar surface area (TPSA) is 33.7 Å². The third-order valence-electron chi connectivity index (χ3n) is 3.46. The van der Waals surface area contributed by atoms with E-state index in [0.29, 0.717) is 12.6 Å². The van der Waals surface area contributed by atoms with Crippen molar-refractivity contribution in [2.75, 3.05) is 34.4 Å². The number of benzene rings is 1. The summed E-state index contributed by atoms with van der Waals surface area (Å²) in [7, 11) is 5.82. The first kappa shape index (κ1) is 16.6. The van der Waals surface area contributed by atoms with E-state index in [1.165, 1.54) is 18.4 Å². The maximum atomic E-state index is 5.88. The first-order valence-corrected chi connectivity index (χ1v) is 8.26. The number of rotatable bonds is 9. The molecule has 0 amide bonds. The van der Waals surface area contributed by atoms with Crippen LogP contribution in [0.3, 0.4) is 0 Å². The Kier molecular flexibility index (Phi) is 6.33. The molecule has 0 atom stereocenters. The van der Waals surface area contributed by atoms with Crippen molar-refractivity contribution in [3.8, 4) is 11.5 Å². The van der Waals surface area contributed by atoms with Crippen molar-refractivity contribution in [2.45, 2.75) is 31.8 Å². The monoisotopic (exact) mass is 356 g/mol. The lowest BCUT2D eigenvalue weighted by atomic mass is 10.2. The molecule has 0 unspecified atom stereocenters. The number of hydrogen-bond acceptors (Lipinski definition) is 4. The van der Waals surface area contributed by atoms with Gasteiger partial charge in [-0.3, -0.25) is 0 Å². The number of ether oxygens (including phenoxy) is 2. The van der Waals surface area contributed by atoms with E-state index in [9.17, 15) is 0 Å². The Hall–Kier alpha value is -0.780. The van der Waals surface area contributed by atoms with Crippen LogP contribution in [0.15, 0.2) is 16.6 Å². The quantitative estimate of drug-likeness (QED) is 0.689. The standard InChI is InChI=1S/C16H25BrN2O2/c1-19(2)7-4-8-21-16-14(17)9-12(10-15(16)20-3)11-18-13-5-6-13/h9-10,13,18H,4-8,11H2,1-3H3. The summed E-state index contributed by atoms with van der Waals surface area (Å²) in [5.41, 5.74) is 1.21. The van der Waals surface area contributed by atoms with Crippen molar-refractivity contribution in [3.05, 3.63) is 22.2 Å². The van der Waals surface area contributed by atoms with Crippen LogP contribution in [-0.2, 0) is 6.54 Å². The predicted molar refractivity (Wildman–Crippen MR) is 89.2 cm³/mol. The molecule has 4 nitrogen and oxygen atoms in total. The normalized spacial score (nSPS) is 14.5. The highest BCUT2D eigenvalue weighted by molar-refractivity contribution is 9.10. The molecule has 1 N–H and O–H groups in total. The fourth-order valence-electron chi connectivity index (χ4n) is 2.12. The Morgan fingerprint density at radius 1 is 1.33 bits per heavy atom. The zero-order valence-corrected chi connectivity index (χ0v) is 14.7. The molecule has 1 fully saturated rings. The SMILES string of the molecule is COc1cc(CNC2CC2)cc(Br)c1OCCCN(C)C. The van der Waals surface area contributed by atoms with Crippen molar-refractivity contribution >= 4 is 15.9 Å². The van der Waals surface area contributed by atoms with E-state index in [4.69, 9.17) is 9.47 Å². The van der Waals surface area contributed by atoms with Crippen molar-refractivity contribution in [2.24, 2.45) is 0 Å². The van der Waals surface area contributed by atoms with E-state index in [0.717, 1.165) is 35.5 Å². The van der Waals surface area contributed by atoms with Crippen LogP contribution in [0.5, 0.6) is 11.5 Å². The zero-order valence-electron chi connectivity index (χ0n) is 13.1. The molecule has 0 radical (unpaired) electrons. The summed E-state index contributed by atoms with van der Waals surface area (Å²) in [6.07, 6.45) is 3.59. The zero-order chi connectivity index (χ0) is 15.2. The fraction of sp³-hybridized carbons (Fsp3) is 0.625. The van der Waals surface area contributed by atoms with Crippen LogP contribution < -0.4 is 14.8 Å². The average Bonchev–Trinajstić information content (AvgIpc) is 3.26. The molecule has 1 aromatic carbocycles. The largest absolute Gasteiger partial charge is 0.493 e. The first-order chi connectivity index (χ1) is 10.1. The lowest BCUT2D eigenvalue weighted by Gasteiger charge is -2.15. The van der Waals surface area contributed by atoms with E-state index in [-0.39, 0.29) is 0 Å². The van der Waals surface area contributed by atoms with Crippen molar-refractivity contribution < 1.29 is 9.47 Å². The van der Waals surface area contributed by atoms with Crippen LogP contribution in [0.25, 0.3) is 0 Å². The number of nitrogens with one attached hydrogen (secondary N) is 1. The molecule has 1 aliphatic rings. The molecule has 1 aliphatic carbocycles. The Labute approximate surface area is 135 Å². The molecule has 1 saturated carbocycles. The number of hydrogen-bond donors (Lipinski definition) is 1. The third-order valence-corrected chi connectivity index (χ3v) is 4.05. The molecular weight excluding hydrogens is 332 g/mol. The molecule has 0 spiro atoms. The summed E-state index contributed by atoms with van der Waals surface area (Å²) >= 11 is 3.60.